The largest absolute Gasteiger partial charge is 0.502 e. The van der Waals surface area contributed by atoms with Gasteiger partial charge in [0.15, 0.2) is 10.9 Å². The molecule has 3 unspecified atom stereocenters. The number of H-pyrrole nitrogens is 1. The van der Waals surface area contributed by atoms with Crippen LogP contribution in [0.1, 0.15) is 191 Å². The van der Waals surface area contributed by atoms with Gasteiger partial charge in [0.2, 0.25) is 11.2 Å². The monoisotopic (exact) mass is 1750 g/mol. The van der Waals surface area contributed by atoms with Crippen LogP contribution in [0.5, 0.6) is 5.75 Å². The van der Waals surface area contributed by atoms with Crippen molar-refractivity contribution in [2.75, 3.05) is 0 Å². The first-order chi connectivity index (χ1) is 53.9. The average molecular weight is 1750 g/mol. The Bertz CT molecular complexity index is 5180. The number of halogens is 8. The molecule has 114 heavy (non-hydrogen) atoms. The van der Waals surface area contributed by atoms with Crippen molar-refractivity contribution < 1.29 is 18.7 Å². The second kappa shape index (κ2) is 52.4. The topological polar surface area (TPSA) is 277 Å². The summed E-state index contributed by atoms with van der Waals surface area (Å²) in [5, 5.41) is 31.9. The van der Waals surface area contributed by atoms with Crippen LogP contribution in [0, 0.1) is 120 Å². The summed E-state index contributed by atoms with van der Waals surface area (Å²) in [6.07, 6.45) is 23.1. The highest BCUT2D eigenvalue weighted by molar-refractivity contribution is 9.08. The van der Waals surface area contributed by atoms with Gasteiger partial charge in [0.1, 0.15) is 17.8 Å². The van der Waals surface area contributed by atoms with E-state index >= 15 is 0 Å². The summed E-state index contributed by atoms with van der Waals surface area (Å²) in [5.74, 6) is 0.758. The Labute approximate surface area is 712 Å². The fourth-order valence-electron chi connectivity index (χ4n) is 10.1. The third-order valence-electron chi connectivity index (χ3n) is 17.8. The third kappa shape index (κ3) is 31.9. The van der Waals surface area contributed by atoms with E-state index in [9.17, 15) is 24.0 Å². The van der Waals surface area contributed by atoms with Crippen molar-refractivity contribution in [3.63, 3.8) is 0 Å². The molecule has 11 aromatic rings. The van der Waals surface area contributed by atoms with E-state index in [2.05, 4.69) is 95.1 Å². The lowest BCUT2D eigenvalue weighted by atomic mass is 9.96. The van der Waals surface area contributed by atoms with E-state index in [1.54, 1.807) is 104 Å². The first kappa shape index (κ1) is 101. The number of aromatic hydroxyl groups is 1. The minimum absolute atomic E-state index is 0.0342. The van der Waals surface area contributed by atoms with E-state index in [-0.39, 0.29) is 39.8 Å². The van der Waals surface area contributed by atoms with E-state index in [0.29, 0.717) is 43.8 Å². The minimum Gasteiger partial charge on any atom is -0.502 e. The van der Waals surface area contributed by atoms with Crippen LogP contribution >= 0.6 is 97.1 Å². The predicted molar refractivity (Wildman–Crippen MR) is 471 cm³/mol. The zero-order chi connectivity index (χ0) is 86.2. The van der Waals surface area contributed by atoms with Gasteiger partial charge in [0.25, 0.3) is 5.56 Å². The van der Waals surface area contributed by atoms with Crippen molar-refractivity contribution in [1.29, 1.82) is 10.5 Å². The number of aromatic nitrogens is 8. The molecule has 0 saturated carbocycles. The van der Waals surface area contributed by atoms with Gasteiger partial charge in [-0.05, 0) is 230 Å². The first-order valence-corrected chi connectivity index (χ1v) is 40.0. The van der Waals surface area contributed by atoms with Crippen LogP contribution in [0.25, 0.3) is 5.52 Å². The lowest BCUT2D eigenvalue weighted by Crippen LogP contribution is -2.18. The van der Waals surface area contributed by atoms with Gasteiger partial charge < -0.3 is 23.7 Å². The van der Waals surface area contributed by atoms with Crippen molar-refractivity contribution in [3.8, 4) is 17.9 Å². The van der Waals surface area contributed by atoms with Crippen molar-refractivity contribution in [2.24, 2.45) is 0 Å². The van der Waals surface area contributed by atoms with E-state index in [0.717, 1.165) is 153 Å². The van der Waals surface area contributed by atoms with Gasteiger partial charge in [0, 0.05) is 142 Å². The zero-order valence-corrected chi connectivity index (χ0v) is 75.0. The predicted octanol–water partition coefficient (Wildman–Crippen LogP) is 23.7. The number of nitriles is 2. The minimum atomic E-state index is -0.404. The number of nitrogens with one attached hydrogen (secondary N) is 1. The van der Waals surface area contributed by atoms with Crippen LogP contribution in [0.15, 0.2) is 168 Å². The van der Waals surface area contributed by atoms with Crippen LogP contribution in [0.3, 0.4) is 0 Å². The summed E-state index contributed by atoms with van der Waals surface area (Å²) in [4.78, 5) is 82.7. The molecule has 26 heteroatoms. The highest BCUT2D eigenvalue weighted by Gasteiger charge is 2.17. The molecule has 11 heterocycles. The molecule has 0 spiro atoms. The maximum Gasteiger partial charge on any atom is 0.258 e. The molecule has 0 fully saturated rings. The Balaban J connectivity index is 0.000000432. The fraction of sp³-hybridized carbons (Fsp3) is 0.330. The number of rotatable bonds is 11. The highest BCUT2D eigenvalue weighted by Crippen LogP contribution is 2.30. The molecule has 2 N–H and O–H groups in total. The number of allylic oxidation sites excluding steroid dienone is 2. The molecule has 0 amide bonds. The highest BCUT2D eigenvalue weighted by atomic mass is 79.9. The van der Waals surface area contributed by atoms with Crippen molar-refractivity contribution in [1.82, 2.24) is 39.3 Å². The Hall–Kier alpha value is -9.12. The molecule has 0 saturated heterocycles. The number of nitrogens with zero attached hydrogens (tertiary/aromatic N) is 9. The Morgan fingerprint density at radius 2 is 0.965 bits per heavy atom. The number of hydrogen-bond donors (Lipinski definition) is 2. The standard InChI is InChI=1S/C13H14ClNO.C13H18ClN.C10H11ClN2.C10H12ClNO.C8H7ClN2.C7H7BrClN.C7H8ClN.C7H9NO.C7H8O2.C6H6O3/c1-4-10-7-8(2)13(16)15-6-5-11(14)9(3)12(10)15;1-5-11(8-9(2)3)13-10(4)12(14)6-7-15-13;1-3-8(6-12)10-7(2)9(11)4-5-13-10;1-3-8(6-13)10-7(2)9(11)4-5-12-10;1-6-7(9)3-5-11-8(6)2-4-10;1-5-6(9)2-3-10-7(5)4-8;1-5-6(2)9-4-3-7(5)8;1-5-6(2)8-4-3-7(5)9;1-5-6(2)9-4-3-7(5)8;1-4-6(8)5(7)2-3-9-4/h5-7H,4H2,1-3H3;6-8,11H,5H2,1-4H3;4-5,8H,3H2,1-2H3;4-6,8H,3H2,1-2H3;3,5H,2H2,1H3;2-3H,4H2,1H3;3-4H,1-2H3;3-4H,1-2H3,(H,8,9);3-4H,1-2H3;2-3,8H,1H3. The SMILES string of the molecule is CCC(C#N)c1nccc(Cl)c1C.CCC(C=C(C)C)c1nccc(Cl)c1C.CCC(C=O)c1nccc(Cl)c1C.CCc1cc(C)c(=O)n2ccc(Cl)c(C)c12.Cc1[nH]ccc(=O)c1C.Cc1c(Cl)ccnc1CBr.Cc1c(Cl)ccnc1CC#N.Cc1nccc(Cl)c1C.Cc1occc(=O)c1C.Cc1occc(=O)c1O. The maximum absolute atomic E-state index is 12.0. The second-order valence-corrected chi connectivity index (χ2v) is 29.3. The van der Waals surface area contributed by atoms with Gasteiger partial charge in [-0.25, -0.2) is 0 Å². The van der Waals surface area contributed by atoms with Crippen LogP contribution < -0.4 is 21.8 Å². The molecule has 0 radical (unpaired) electrons. The first-order valence-electron chi connectivity index (χ1n) is 36.2. The number of aromatic amines is 1. The fourth-order valence-corrected chi connectivity index (χ4v) is 11.8. The van der Waals surface area contributed by atoms with Gasteiger partial charge in [-0.15, -0.1) is 0 Å². The summed E-state index contributed by atoms with van der Waals surface area (Å²) < 4.78 is 11.3. The summed E-state index contributed by atoms with van der Waals surface area (Å²) in [6.45, 7) is 38.5. The molecule has 0 aromatic carbocycles. The second-order valence-electron chi connectivity index (χ2n) is 25.9. The number of hydrogen-bond acceptors (Lipinski definition) is 16. The number of carbonyl (C=O) groups is 1. The normalized spacial score (nSPS) is 10.8. The number of fused-ring (bicyclic) bond motifs is 1. The zero-order valence-electron chi connectivity index (χ0n) is 68.1. The van der Waals surface area contributed by atoms with Crippen LogP contribution in [0.4, 0.5) is 0 Å². The van der Waals surface area contributed by atoms with Gasteiger partial charge in [-0.2, -0.15) is 10.5 Å². The quantitative estimate of drug-likeness (QED) is 0.0691. The molecule has 0 aliphatic carbocycles. The molecule has 18 nitrogen and oxygen atoms in total. The Morgan fingerprint density at radius 1 is 0.526 bits per heavy atom. The summed E-state index contributed by atoms with van der Waals surface area (Å²) in [6, 6.07) is 22.7. The number of alkyl halides is 1. The van der Waals surface area contributed by atoms with E-state index in [1.807, 2.05) is 108 Å². The van der Waals surface area contributed by atoms with E-state index in [1.165, 1.54) is 43.2 Å². The van der Waals surface area contributed by atoms with Crippen molar-refractivity contribution in [3.05, 3.63) is 329 Å². The van der Waals surface area contributed by atoms with E-state index in [4.69, 9.17) is 101 Å². The molecular formula is C88H100BrCl7N10O8. The van der Waals surface area contributed by atoms with Gasteiger partial charge >= 0.3 is 0 Å². The average Bonchev–Trinajstić information content (AvgIpc) is 0.772. The van der Waals surface area contributed by atoms with Crippen molar-refractivity contribution >= 4 is 109 Å². The molecule has 3 atom stereocenters. The summed E-state index contributed by atoms with van der Waals surface area (Å²) >= 11 is 44.7. The van der Waals surface area contributed by atoms with Crippen LogP contribution in [-0.4, -0.2) is 50.7 Å². The number of pyridine rings is 9. The number of aryl methyl sites for hydroxylation is 7. The molecule has 606 valence electrons. The summed E-state index contributed by atoms with van der Waals surface area (Å²) in [7, 11) is 0. The van der Waals surface area contributed by atoms with Gasteiger partial charge in [-0.1, -0.05) is 136 Å². The van der Waals surface area contributed by atoms with Crippen molar-refractivity contribution in [2.45, 2.75) is 194 Å². The lowest BCUT2D eigenvalue weighted by molar-refractivity contribution is -0.109. The number of aldehydes is 1. The lowest BCUT2D eigenvalue weighted by Gasteiger charge is -2.14. The molecule has 0 bridgehead atoms. The molecule has 0 aliphatic rings. The van der Waals surface area contributed by atoms with E-state index < -0.39 is 5.43 Å². The third-order valence-corrected chi connectivity index (χ3v) is 21.2. The van der Waals surface area contributed by atoms with Gasteiger partial charge in [0.05, 0.1) is 76.9 Å². The Morgan fingerprint density at radius 3 is 1.37 bits per heavy atom. The van der Waals surface area contributed by atoms with Crippen LogP contribution in [-0.2, 0) is 23.0 Å². The molecule has 0 aliphatic heterocycles. The number of carbonyl (C=O) groups excluding carboxylic acids is 1. The smallest absolute Gasteiger partial charge is 0.258 e. The van der Waals surface area contributed by atoms with Crippen LogP contribution in [0.2, 0.25) is 35.2 Å². The molecule has 11 aromatic heterocycles. The summed E-state index contributed by atoms with van der Waals surface area (Å²) in [5.41, 5.74) is 18.8. The Kier molecular flexibility index (Phi) is 46.4. The maximum atomic E-state index is 12.0. The molecular weight excluding hydrogens is 1650 g/mol. The van der Waals surface area contributed by atoms with Gasteiger partial charge in [-0.3, -0.25) is 53.5 Å². The molecule has 11 rings (SSSR count).